The van der Waals surface area contributed by atoms with E-state index in [9.17, 15) is 9.90 Å². The van der Waals surface area contributed by atoms with Crippen molar-refractivity contribution in [2.75, 3.05) is 6.54 Å². The molecule has 1 fully saturated rings. The first kappa shape index (κ1) is 13.4. The van der Waals surface area contributed by atoms with Crippen LogP contribution in [0.4, 0.5) is 0 Å². The van der Waals surface area contributed by atoms with Gasteiger partial charge in [-0.3, -0.25) is 4.79 Å². The summed E-state index contributed by atoms with van der Waals surface area (Å²) in [6, 6.07) is 5.38. The molecule has 2 unspecified atom stereocenters. The summed E-state index contributed by atoms with van der Waals surface area (Å²) in [6.45, 7) is 2.45. The number of aryl methyl sites for hydroxylation is 1. The summed E-state index contributed by atoms with van der Waals surface area (Å²) >= 11 is 6.04. The Morgan fingerprint density at radius 3 is 2.89 bits per heavy atom. The van der Waals surface area contributed by atoms with E-state index in [4.69, 9.17) is 11.6 Å². The fourth-order valence-corrected chi connectivity index (χ4v) is 2.70. The zero-order chi connectivity index (χ0) is 13.1. The number of aliphatic hydroxyl groups is 1. The Morgan fingerprint density at radius 1 is 1.50 bits per heavy atom. The van der Waals surface area contributed by atoms with Gasteiger partial charge >= 0.3 is 0 Å². The Balaban J connectivity index is 1.95. The van der Waals surface area contributed by atoms with E-state index in [0.717, 1.165) is 24.8 Å². The van der Waals surface area contributed by atoms with Gasteiger partial charge in [0, 0.05) is 12.5 Å². The summed E-state index contributed by atoms with van der Waals surface area (Å²) in [5, 5.41) is 13.0. The number of halogens is 1. The minimum absolute atomic E-state index is 0.167. The molecule has 0 saturated heterocycles. The van der Waals surface area contributed by atoms with Crippen LogP contribution in [0.1, 0.15) is 35.2 Å². The monoisotopic (exact) mass is 267 g/mol. The molecule has 0 bridgehead atoms. The number of carbonyl (C=O) groups is 1. The van der Waals surface area contributed by atoms with Crippen molar-refractivity contribution in [3.63, 3.8) is 0 Å². The quantitative estimate of drug-likeness (QED) is 0.884. The van der Waals surface area contributed by atoms with E-state index in [2.05, 4.69) is 5.32 Å². The zero-order valence-electron chi connectivity index (χ0n) is 10.4. The maximum Gasteiger partial charge on any atom is 0.252 e. The molecule has 1 aliphatic carbocycles. The van der Waals surface area contributed by atoms with E-state index >= 15 is 0 Å². The largest absolute Gasteiger partial charge is 0.393 e. The van der Waals surface area contributed by atoms with Crippen molar-refractivity contribution in [3.8, 4) is 0 Å². The van der Waals surface area contributed by atoms with Crippen molar-refractivity contribution in [1.82, 2.24) is 5.32 Å². The van der Waals surface area contributed by atoms with Gasteiger partial charge in [0.15, 0.2) is 0 Å². The van der Waals surface area contributed by atoms with Crippen LogP contribution >= 0.6 is 11.6 Å². The minimum Gasteiger partial charge on any atom is -0.393 e. The van der Waals surface area contributed by atoms with E-state index in [1.54, 1.807) is 12.1 Å². The molecule has 0 heterocycles. The third-order valence-corrected chi connectivity index (χ3v) is 3.83. The second kappa shape index (κ2) is 5.72. The van der Waals surface area contributed by atoms with Crippen LogP contribution in [-0.2, 0) is 0 Å². The Kier molecular flexibility index (Phi) is 4.25. The van der Waals surface area contributed by atoms with Gasteiger partial charge < -0.3 is 10.4 Å². The Hall–Kier alpha value is -1.06. The molecular formula is C14H18ClNO2. The van der Waals surface area contributed by atoms with Crippen molar-refractivity contribution >= 4 is 17.5 Å². The number of nitrogens with one attached hydrogen (secondary N) is 1. The van der Waals surface area contributed by atoms with Gasteiger partial charge in [-0.25, -0.2) is 0 Å². The molecule has 1 aromatic rings. The molecular weight excluding hydrogens is 250 g/mol. The summed E-state index contributed by atoms with van der Waals surface area (Å²) in [5.74, 6) is 0.0114. The first-order valence-electron chi connectivity index (χ1n) is 6.30. The molecule has 2 atom stereocenters. The SMILES string of the molecule is Cc1ccc(C(=O)NCC2CCCC2O)c(Cl)c1. The molecule has 4 heteroatoms. The van der Waals surface area contributed by atoms with E-state index in [-0.39, 0.29) is 17.9 Å². The van der Waals surface area contributed by atoms with Crippen LogP contribution in [0.5, 0.6) is 0 Å². The van der Waals surface area contributed by atoms with Crippen molar-refractivity contribution in [2.45, 2.75) is 32.3 Å². The molecule has 0 aromatic heterocycles. The molecule has 1 aliphatic rings. The van der Waals surface area contributed by atoms with Gasteiger partial charge in [0.25, 0.3) is 5.91 Å². The van der Waals surface area contributed by atoms with Gasteiger partial charge in [0.05, 0.1) is 16.7 Å². The first-order valence-corrected chi connectivity index (χ1v) is 6.68. The van der Waals surface area contributed by atoms with E-state index in [1.807, 2.05) is 13.0 Å². The van der Waals surface area contributed by atoms with Gasteiger partial charge in [0.2, 0.25) is 0 Å². The smallest absolute Gasteiger partial charge is 0.252 e. The Morgan fingerprint density at radius 2 is 2.28 bits per heavy atom. The fourth-order valence-electron chi connectivity index (χ4n) is 2.38. The predicted molar refractivity (Wildman–Crippen MR) is 71.9 cm³/mol. The molecule has 18 heavy (non-hydrogen) atoms. The second-order valence-corrected chi connectivity index (χ2v) is 5.36. The number of carbonyl (C=O) groups excluding carboxylic acids is 1. The summed E-state index contributed by atoms with van der Waals surface area (Å²) in [5.41, 5.74) is 1.53. The molecule has 0 aliphatic heterocycles. The van der Waals surface area contributed by atoms with Crippen LogP contribution in [0.3, 0.4) is 0 Å². The van der Waals surface area contributed by atoms with E-state index in [1.165, 1.54) is 0 Å². The van der Waals surface area contributed by atoms with Crippen LogP contribution in [-0.4, -0.2) is 23.7 Å². The Bertz CT molecular complexity index is 447. The molecule has 1 amide bonds. The predicted octanol–water partition coefficient (Wildman–Crippen LogP) is 2.54. The molecule has 1 saturated carbocycles. The molecule has 98 valence electrons. The molecule has 0 spiro atoms. The highest BCUT2D eigenvalue weighted by Crippen LogP contribution is 2.25. The van der Waals surface area contributed by atoms with Crippen molar-refractivity contribution in [3.05, 3.63) is 34.3 Å². The third kappa shape index (κ3) is 3.03. The van der Waals surface area contributed by atoms with Crippen LogP contribution in [0.2, 0.25) is 5.02 Å². The number of hydrogen-bond donors (Lipinski definition) is 2. The maximum atomic E-state index is 12.0. The van der Waals surface area contributed by atoms with Crippen LogP contribution < -0.4 is 5.32 Å². The summed E-state index contributed by atoms with van der Waals surface area (Å²) in [6.07, 6.45) is 2.57. The number of rotatable bonds is 3. The highest BCUT2D eigenvalue weighted by Gasteiger charge is 2.25. The average molecular weight is 268 g/mol. The van der Waals surface area contributed by atoms with Gasteiger partial charge in [-0.15, -0.1) is 0 Å². The first-order chi connectivity index (χ1) is 8.58. The van der Waals surface area contributed by atoms with Crippen LogP contribution in [0.25, 0.3) is 0 Å². The second-order valence-electron chi connectivity index (χ2n) is 4.95. The molecule has 3 nitrogen and oxygen atoms in total. The number of amides is 1. The lowest BCUT2D eigenvalue weighted by Gasteiger charge is -2.15. The van der Waals surface area contributed by atoms with Crippen molar-refractivity contribution in [2.24, 2.45) is 5.92 Å². The Labute approximate surface area is 112 Å². The van der Waals surface area contributed by atoms with Gasteiger partial charge in [-0.05, 0) is 37.5 Å². The molecule has 2 N–H and O–H groups in total. The minimum atomic E-state index is -0.279. The average Bonchev–Trinajstić information content (AvgIpc) is 2.72. The molecule has 0 radical (unpaired) electrons. The lowest BCUT2D eigenvalue weighted by Crippen LogP contribution is -2.32. The maximum absolute atomic E-state index is 12.0. The number of benzene rings is 1. The summed E-state index contributed by atoms with van der Waals surface area (Å²) in [7, 11) is 0. The number of hydrogen-bond acceptors (Lipinski definition) is 2. The van der Waals surface area contributed by atoms with Crippen LogP contribution in [0, 0.1) is 12.8 Å². The zero-order valence-corrected chi connectivity index (χ0v) is 11.2. The van der Waals surface area contributed by atoms with Crippen molar-refractivity contribution in [1.29, 1.82) is 0 Å². The lowest BCUT2D eigenvalue weighted by atomic mass is 10.1. The number of aliphatic hydroxyl groups excluding tert-OH is 1. The van der Waals surface area contributed by atoms with E-state index < -0.39 is 0 Å². The lowest BCUT2D eigenvalue weighted by molar-refractivity contribution is 0.0917. The van der Waals surface area contributed by atoms with Gasteiger partial charge in [0.1, 0.15) is 0 Å². The standard InChI is InChI=1S/C14H18ClNO2/c1-9-5-6-11(12(15)7-9)14(18)16-8-10-3-2-4-13(10)17/h5-7,10,13,17H,2-4,8H2,1H3,(H,16,18). The molecule has 1 aromatic carbocycles. The normalized spacial score (nSPS) is 23.1. The fraction of sp³-hybridized carbons (Fsp3) is 0.500. The summed E-state index contributed by atoms with van der Waals surface area (Å²) in [4.78, 5) is 12.0. The van der Waals surface area contributed by atoms with Gasteiger partial charge in [-0.2, -0.15) is 0 Å². The summed E-state index contributed by atoms with van der Waals surface area (Å²) < 4.78 is 0. The topological polar surface area (TPSA) is 49.3 Å². The van der Waals surface area contributed by atoms with E-state index in [0.29, 0.717) is 17.1 Å². The van der Waals surface area contributed by atoms with Crippen LogP contribution in [0.15, 0.2) is 18.2 Å². The third-order valence-electron chi connectivity index (χ3n) is 3.51. The molecule has 2 rings (SSSR count). The highest BCUT2D eigenvalue weighted by atomic mass is 35.5. The van der Waals surface area contributed by atoms with Crippen molar-refractivity contribution < 1.29 is 9.90 Å². The van der Waals surface area contributed by atoms with Gasteiger partial charge in [-0.1, -0.05) is 24.1 Å². The highest BCUT2D eigenvalue weighted by molar-refractivity contribution is 6.33.